The second-order valence-electron chi connectivity index (χ2n) is 3.98. The number of carbonyl (C=O) groups is 1. The number of aromatic nitrogens is 2. The molecule has 2 rings (SSSR count). The molecule has 6 heteroatoms. The first-order valence-corrected chi connectivity index (χ1v) is 6.18. The molecule has 0 aliphatic carbocycles. The third kappa shape index (κ3) is 3.20. The molecule has 0 fully saturated rings. The van der Waals surface area contributed by atoms with E-state index in [1.165, 1.54) is 10.9 Å². The van der Waals surface area contributed by atoms with Gasteiger partial charge in [-0.3, -0.25) is 0 Å². The molecule has 0 amide bonds. The van der Waals surface area contributed by atoms with Crippen molar-refractivity contribution in [1.29, 1.82) is 5.26 Å². The van der Waals surface area contributed by atoms with Gasteiger partial charge in [-0.2, -0.15) is 10.4 Å². The van der Waals surface area contributed by atoms with E-state index in [0.29, 0.717) is 23.4 Å². The van der Waals surface area contributed by atoms with Crippen LogP contribution in [0.2, 0.25) is 0 Å². The lowest BCUT2D eigenvalue weighted by Gasteiger charge is -2.03. The van der Waals surface area contributed by atoms with Crippen molar-refractivity contribution < 1.29 is 9.53 Å². The van der Waals surface area contributed by atoms with Gasteiger partial charge in [-0.1, -0.05) is 5.92 Å². The number of hydrogen-bond acceptors (Lipinski definition) is 5. The van der Waals surface area contributed by atoms with E-state index < -0.39 is 5.97 Å². The van der Waals surface area contributed by atoms with Gasteiger partial charge in [-0.15, -0.1) is 0 Å². The van der Waals surface area contributed by atoms with Crippen LogP contribution in [0.3, 0.4) is 0 Å². The highest BCUT2D eigenvalue weighted by Crippen LogP contribution is 2.16. The van der Waals surface area contributed by atoms with Crippen molar-refractivity contribution in [2.24, 2.45) is 0 Å². The number of rotatable bonds is 2. The predicted octanol–water partition coefficient (Wildman–Crippen LogP) is 1.24. The number of hydrogen-bond donors (Lipinski definition) is 1. The number of carbonyl (C=O) groups excluding carboxylic acids is 1. The van der Waals surface area contributed by atoms with Crippen molar-refractivity contribution in [1.82, 2.24) is 9.78 Å². The molecular weight excluding hydrogens is 268 g/mol. The van der Waals surface area contributed by atoms with Gasteiger partial charge < -0.3 is 10.5 Å². The van der Waals surface area contributed by atoms with Gasteiger partial charge in [0, 0.05) is 11.5 Å². The number of benzene rings is 1. The molecule has 1 heterocycles. The maximum Gasteiger partial charge on any atom is 0.384 e. The van der Waals surface area contributed by atoms with Crippen LogP contribution in [0.4, 0.5) is 5.82 Å². The number of nitriles is 1. The van der Waals surface area contributed by atoms with E-state index in [9.17, 15) is 4.79 Å². The number of nitrogen functional groups attached to an aromatic ring is 1. The van der Waals surface area contributed by atoms with Gasteiger partial charge in [0.25, 0.3) is 0 Å². The van der Waals surface area contributed by atoms with Crippen molar-refractivity contribution >= 4 is 11.8 Å². The van der Waals surface area contributed by atoms with Crippen molar-refractivity contribution in [3.8, 4) is 23.6 Å². The zero-order chi connectivity index (χ0) is 15.2. The Kier molecular flexibility index (Phi) is 4.23. The molecule has 0 spiro atoms. The molecule has 1 aromatic carbocycles. The average molecular weight is 280 g/mol. The molecule has 0 aliphatic rings. The summed E-state index contributed by atoms with van der Waals surface area (Å²) in [6.07, 6.45) is 1.41. The fourth-order valence-electron chi connectivity index (χ4n) is 1.63. The van der Waals surface area contributed by atoms with Crippen LogP contribution in [0.1, 0.15) is 18.1 Å². The molecule has 0 radical (unpaired) electrons. The van der Waals surface area contributed by atoms with Crippen LogP contribution in [-0.4, -0.2) is 22.4 Å². The summed E-state index contributed by atoms with van der Waals surface area (Å²) < 4.78 is 6.17. The summed E-state index contributed by atoms with van der Waals surface area (Å²) in [6.45, 7) is 2.02. The molecule has 0 bridgehead atoms. The monoisotopic (exact) mass is 280 g/mol. The fourth-order valence-corrected chi connectivity index (χ4v) is 1.63. The van der Waals surface area contributed by atoms with E-state index >= 15 is 0 Å². The van der Waals surface area contributed by atoms with Crippen molar-refractivity contribution in [2.75, 3.05) is 12.3 Å². The van der Waals surface area contributed by atoms with Crippen LogP contribution in [0.5, 0.6) is 0 Å². The molecule has 2 N–H and O–H groups in total. The normalized spacial score (nSPS) is 9.33. The minimum Gasteiger partial charge on any atom is -0.456 e. The average Bonchev–Trinajstić information content (AvgIpc) is 2.87. The van der Waals surface area contributed by atoms with Crippen molar-refractivity contribution in [2.45, 2.75) is 6.92 Å². The zero-order valence-corrected chi connectivity index (χ0v) is 11.3. The maximum absolute atomic E-state index is 11.1. The second kappa shape index (κ2) is 6.27. The summed E-state index contributed by atoms with van der Waals surface area (Å²) in [6, 6.07) is 8.92. The number of anilines is 1. The lowest BCUT2D eigenvalue weighted by Crippen LogP contribution is -2.02. The molecule has 0 atom stereocenters. The minimum atomic E-state index is -0.559. The minimum absolute atomic E-state index is 0.280. The Balaban J connectivity index is 2.21. The molecular formula is C15H12N4O2. The van der Waals surface area contributed by atoms with Gasteiger partial charge in [-0.05, 0) is 31.2 Å². The van der Waals surface area contributed by atoms with Gasteiger partial charge >= 0.3 is 5.97 Å². The highest BCUT2D eigenvalue weighted by Gasteiger charge is 2.07. The summed E-state index contributed by atoms with van der Waals surface area (Å²) in [4.78, 5) is 11.1. The van der Waals surface area contributed by atoms with Gasteiger partial charge in [-0.25, -0.2) is 9.48 Å². The van der Waals surface area contributed by atoms with Crippen LogP contribution in [-0.2, 0) is 9.53 Å². The van der Waals surface area contributed by atoms with E-state index in [0.717, 1.165) is 0 Å². The molecule has 1 aromatic heterocycles. The summed E-state index contributed by atoms with van der Waals surface area (Å²) in [5, 5.41) is 12.9. The van der Waals surface area contributed by atoms with Crippen LogP contribution in [0.25, 0.3) is 5.69 Å². The lowest BCUT2D eigenvalue weighted by molar-refractivity contribution is -0.136. The van der Waals surface area contributed by atoms with E-state index in [1.807, 2.05) is 6.07 Å². The van der Waals surface area contributed by atoms with Gasteiger partial charge in [0.2, 0.25) is 0 Å². The maximum atomic E-state index is 11.1. The molecule has 6 nitrogen and oxygen atoms in total. The summed E-state index contributed by atoms with van der Waals surface area (Å²) in [7, 11) is 0. The van der Waals surface area contributed by atoms with E-state index in [1.54, 1.807) is 31.2 Å². The van der Waals surface area contributed by atoms with E-state index in [2.05, 4.69) is 16.9 Å². The van der Waals surface area contributed by atoms with Crippen molar-refractivity contribution in [3.63, 3.8) is 0 Å². The van der Waals surface area contributed by atoms with Crippen LogP contribution in [0.15, 0.2) is 30.5 Å². The number of ether oxygens (including phenoxy) is 1. The topological polar surface area (TPSA) is 93.9 Å². The molecule has 2 aromatic rings. The number of esters is 1. The largest absolute Gasteiger partial charge is 0.456 e. The Hall–Kier alpha value is -3.25. The first kappa shape index (κ1) is 14.2. The molecule has 0 aliphatic heterocycles. The van der Waals surface area contributed by atoms with Crippen molar-refractivity contribution in [3.05, 3.63) is 41.6 Å². The van der Waals surface area contributed by atoms with E-state index in [4.69, 9.17) is 15.7 Å². The highest BCUT2D eigenvalue weighted by atomic mass is 16.5. The summed E-state index contributed by atoms with van der Waals surface area (Å²) >= 11 is 0. The quantitative estimate of drug-likeness (QED) is 0.659. The van der Waals surface area contributed by atoms with Crippen LogP contribution < -0.4 is 5.73 Å². The second-order valence-corrected chi connectivity index (χ2v) is 3.98. The first-order chi connectivity index (χ1) is 10.2. The molecule has 104 valence electrons. The standard InChI is InChI=1S/C15H12N4O2/c1-2-21-14(20)8-5-11-3-6-13(7-4-11)19-15(17)12(9-16)10-18-19/h3-4,6-7,10H,2,17H2,1H3. The predicted molar refractivity (Wildman–Crippen MR) is 76.2 cm³/mol. The Morgan fingerprint density at radius 1 is 1.43 bits per heavy atom. The molecule has 0 saturated heterocycles. The molecule has 21 heavy (non-hydrogen) atoms. The fraction of sp³-hybridized carbons (Fsp3) is 0.133. The molecule has 0 unspecified atom stereocenters. The Morgan fingerprint density at radius 2 is 2.14 bits per heavy atom. The zero-order valence-electron chi connectivity index (χ0n) is 11.3. The first-order valence-electron chi connectivity index (χ1n) is 6.18. The Bertz CT molecular complexity index is 758. The number of nitrogens with zero attached hydrogens (tertiary/aromatic N) is 3. The summed E-state index contributed by atoms with van der Waals surface area (Å²) in [5.74, 6) is 4.81. The smallest absolute Gasteiger partial charge is 0.384 e. The third-order valence-corrected chi connectivity index (χ3v) is 2.62. The van der Waals surface area contributed by atoms with E-state index in [-0.39, 0.29) is 5.82 Å². The number of nitrogens with two attached hydrogens (primary N) is 1. The Morgan fingerprint density at radius 3 is 2.71 bits per heavy atom. The van der Waals surface area contributed by atoms with Crippen LogP contribution >= 0.6 is 0 Å². The van der Waals surface area contributed by atoms with Crippen LogP contribution in [0, 0.1) is 23.2 Å². The Labute approximate surface area is 121 Å². The SMILES string of the molecule is CCOC(=O)C#Cc1ccc(-n2ncc(C#N)c2N)cc1. The third-order valence-electron chi connectivity index (χ3n) is 2.62. The van der Waals surface area contributed by atoms with Gasteiger partial charge in [0.1, 0.15) is 17.5 Å². The molecule has 0 saturated carbocycles. The van der Waals surface area contributed by atoms with Gasteiger partial charge in [0.05, 0.1) is 18.5 Å². The highest BCUT2D eigenvalue weighted by molar-refractivity contribution is 5.89. The summed E-state index contributed by atoms with van der Waals surface area (Å²) in [5.41, 5.74) is 7.49. The lowest BCUT2D eigenvalue weighted by atomic mass is 10.2. The van der Waals surface area contributed by atoms with Gasteiger partial charge in [0.15, 0.2) is 0 Å².